The number of unbranched alkanes of at least 4 members (excludes halogenated alkanes) is 1. The van der Waals surface area contributed by atoms with Gasteiger partial charge in [0.15, 0.2) is 0 Å². The lowest BCUT2D eigenvalue weighted by Crippen LogP contribution is -2.47. The highest BCUT2D eigenvalue weighted by Crippen LogP contribution is 2.16. The maximum atomic E-state index is 13.0. The van der Waals surface area contributed by atoms with Gasteiger partial charge in [-0.1, -0.05) is 59.1 Å². The first-order valence-corrected chi connectivity index (χ1v) is 11.7. The number of halogens is 1. The smallest absolute Gasteiger partial charge is 0.242 e. The Labute approximate surface area is 194 Å². The first kappa shape index (κ1) is 24.9. The van der Waals surface area contributed by atoms with Gasteiger partial charge in [-0.2, -0.15) is 0 Å². The molecule has 2 aromatic carbocycles. The zero-order valence-corrected chi connectivity index (χ0v) is 20.3. The molecule has 0 aromatic heterocycles. The molecule has 168 valence electrons. The monoisotopic (exact) mass is 488 g/mol. The van der Waals surface area contributed by atoms with Crippen molar-refractivity contribution in [3.8, 4) is 5.75 Å². The summed E-state index contributed by atoms with van der Waals surface area (Å²) in [6.07, 6.45) is 2.86. The van der Waals surface area contributed by atoms with Crippen molar-refractivity contribution in [3.05, 3.63) is 64.1 Å². The number of hydrogen-bond acceptors (Lipinski definition) is 3. The second kappa shape index (κ2) is 13.2. The summed E-state index contributed by atoms with van der Waals surface area (Å²) in [4.78, 5) is 27.3. The van der Waals surface area contributed by atoms with E-state index in [-0.39, 0.29) is 11.8 Å². The molecule has 0 aliphatic heterocycles. The van der Waals surface area contributed by atoms with Crippen molar-refractivity contribution in [1.29, 1.82) is 0 Å². The Hall–Kier alpha value is -2.34. The predicted molar refractivity (Wildman–Crippen MR) is 128 cm³/mol. The van der Waals surface area contributed by atoms with E-state index < -0.39 is 6.04 Å². The van der Waals surface area contributed by atoms with Crippen LogP contribution in [0.4, 0.5) is 0 Å². The molecule has 31 heavy (non-hydrogen) atoms. The maximum absolute atomic E-state index is 13.0. The van der Waals surface area contributed by atoms with E-state index in [1.54, 1.807) is 11.8 Å². The van der Waals surface area contributed by atoms with Crippen LogP contribution in [0.25, 0.3) is 0 Å². The molecule has 2 amide bonds. The van der Waals surface area contributed by atoms with Gasteiger partial charge in [0, 0.05) is 24.0 Å². The summed E-state index contributed by atoms with van der Waals surface area (Å²) in [6.45, 7) is 7.39. The molecule has 0 unspecified atom stereocenters. The van der Waals surface area contributed by atoms with E-state index in [1.807, 2.05) is 55.5 Å². The van der Waals surface area contributed by atoms with E-state index >= 15 is 0 Å². The van der Waals surface area contributed by atoms with Gasteiger partial charge in [-0.3, -0.25) is 9.59 Å². The van der Waals surface area contributed by atoms with Crippen LogP contribution in [-0.2, 0) is 16.1 Å². The first-order chi connectivity index (χ1) is 14.9. The van der Waals surface area contributed by atoms with Gasteiger partial charge in [0.1, 0.15) is 11.8 Å². The number of ether oxygens (including phenoxy) is 1. The van der Waals surface area contributed by atoms with Crippen LogP contribution in [0.5, 0.6) is 5.75 Å². The van der Waals surface area contributed by atoms with Crippen molar-refractivity contribution in [2.75, 3.05) is 13.2 Å². The zero-order chi connectivity index (χ0) is 22.6. The molecule has 2 rings (SSSR count). The minimum absolute atomic E-state index is 0.0476. The number of nitrogens with one attached hydrogen (secondary N) is 1. The highest BCUT2D eigenvalue weighted by atomic mass is 79.9. The van der Waals surface area contributed by atoms with Gasteiger partial charge in [-0.05, 0) is 56.5 Å². The third-order valence-electron chi connectivity index (χ3n) is 5.09. The predicted octanol–water partition coefficient (Wildman–Crippen LogP) is 5.25. The molecule has 0 aliphatic rings. The van der Waals surface area contributed by atoms with E-state index in [0.717, 1.165) is 28.6 Å². The van der Waals surface area contributed by atoms with E-state index in [9.17, 15) is 9.59 Å². The van der Waals surface area contributed by atoms with Gasteiger partial charge in [-0.15, -0.1) is 0 Å². The average Bonchev–Trinajstić information content (AvgIpc) is 2.77. The molecule has 2 aromatic rings. The molecule has 0 fully saturated rings. The molecule has 0 aliphatic carbocycles. The van der Waals surface area contributed by atoms with E-state index in [2.05, 4.69) is 28.2 Å². The third-order valence-corrected chi connectivity index (χ3v) is 5.62. The normalized spacial score (nSPS) is 11.6. The van der Waals surface area contributed by atoms with Crippen LogP contribution >= 0.6 is 15.9 Å². The van der Waals surface area contributed by atoms with Crippen LogP contribution in [0.1, 0.15) is 50.7 Å². The molecule has 0 saturated carbocycles. The van der Waals surface area contributed by atoms with Crippen LogP contribution in [0, 0.1) is 6.92 Å². The van der Waals surface area contributed by atoms with Crippen molar-refractivity contribution < 1.29 is 14.3 Å². The highest BCUT2D eigenvalue weighted by molar-refractivity contribution is 9.10. The van der Waals surface area contributed by atoms with Crippen molar-refractivity contribution >= 4 is 27.7 Å². The van der Waals surface area contributed by atoms with Crippen molar-refractivity contribution in [1.82, 2.24) is 10.2 Å². The molecule has 0 heterocycles. The number of amides is 2. The number of hydrogen-bond donors (Lipinski definition) is 1. The minimum Gasteiger partial charge on any atom is -0.494 e. The summed E-state index contributed by atoms with van der Waals surface area (Å²) >= 11 is 3.43. The number of nitrogens with zero attached hydrogens (tertiary/aromatic N) is 1. The standard InChI is InChI=1S/C25H33BrN2O3/c1-4-5-16-27-25(30)20(3)28(18-21-10-12-22(26)13-11-21)24(29)7-6-17-31-23-14-8-19(2)9-15-23/h8-15,20H,4-7,16-18H2,1-3H3,(H,27,30)/t20-/m0/s1. The van der Waals surface area contributed by atoms with E-state index in [1.165, 1.54) is 5.56 Å². The van der Waals surface area contributed by atoms with Gasteiger partial charge in [0.05, 0.1) is 6.61 Å². The highest BCUT2D eigenvalue weighted by Gasteiger charge is 2.25. The lowest BCUT2D eigenvalue weighted by atomic mass is 10.1. The van der Waals surface area contributed by atoms with Crippen LogP contribution in [0.15, 0.2) is 53.0 Å². The molecule has 0 saturated heterocycles. The Kier molecular flexibility index (Phi) is 10.6. The average molecular weight is 489 g/mol. The van der Waals surface area contributed by atoms with Gasteiger partial charge in [0.25, 0.3) is 0 Å². The van der Waals surface area contributed by atoms with Crippen molar-refractivity contribution in [3.63, 3.8) is 0 Å². The lowest BCUT2D eigenvalue weighted by Gasteiger charge is -2.29. The topological polar surface area (TPSA) is 58.6 Å². The molecular weight excluding hydrogens is 456 g/mol. The lowest BCUT2D eigenvalue weighted by molar-refractivity contribution is -0.140. The number of carbonyl (C=O) groups is 2. The van der Waals surface area contributed by atoms with Gasteiger partial charge in [-0.25, -0.2) is 0 Å². The molecule has 0 bridgehead atoms. The summed E-state index contributed by atoms with van der Waals surface area (Å²) in [5.74, 6) is 0.636. The second-order valence-electron chi connectivity index (χ2n) is 7.73. The summed E-state index contributed by atoms with van der Waals surface area (Å²) in [6, 6.07) is 15.1. The summed E-state index contributed by atoms with van der Waals surface area (Å²) in [5, 5.41) is 2.94. The Morgan fingerprint density at radius 3 is 2.39 bits per heavy atom. The second-order valence-corrected chi connectivity index (χ2v) is 8.65. The fraction of sp³-hybridized carbons (Fsp3) is 0.440. The molecule has 5 nitrogen and oxygen atoms in total. The third kappa shape index (κ3) is 8.74. The van der Waals surface area contributed by atoms with Crippen LogP contribution < -0.4 is 10.1 Å². The van der Waals surface area contributed by atoms with E-state index in [0.29, 0.717) is 32.5 Å². The summed E-state index contributed by atoms with van der Waals surface area (Å²) < 4.78 is 6.72. The fourth-order valence-electron chi connectivity index (χ4n) is 3.10. The Balaban J connectivity index is 1.96. The van der Waals surface area contributed by atoms with Gasteiger partial charge < -0.3 is 15.0 Å². The first-order valence-electron chi connectivity index (χ1n) is 10.9. The summed E-state index contributed by atoms with van der Waals surface area (Å²) in [5.41, 5.74) is 2.16. The van der Waals surface area contributed by atoms with Crippen molar-refractivity contribution in [2.24, 2.45) is 0 Å². The molecule has 0 radical (unpaired) electrons. The molecule has 6 heteroatoms. The van der Waals surface area contributed by atoms with Crippen LogP contribution in [0.2, 0.25) is 0 Å². The number of aryl methyl sites for hydroxylation is 1. The molecular formula is C25H33BrN2O3. The van der Waals surface area contributed by atoms with Crippen molar-refractivity contribution in [2.45, 2.75) is 59.0 Å². The number of benzene rings is 2. The van der Waals surface area contributed by atoms with E-state index in [4.69, 9.17) is 4.74 Å². The zero-order valence-electron chi connectivity index (χ0n) is 18.7. The Bertz CT molecular complexity index is 822. The minimum atomic E-state index is -0.536. The van der Waals surface area contributed by atoms with Gasteiger partial charge in [0.2, 0.25) is 11.8 Å². The fourth-order valence-corrected chi connectivity index (χ4v) is 3.36. The Morgan fingerprint density at radius 1 is 1.06 bits per heavy atom. The maximum Gasteiger partial charge on any atom is 0.242 e. The molecule has 1 atom stereocenters. The molecule has 0 spiro atoms. The van der Waals surface area contributed by atoms with Crippen LogP contribution in [0.3, 0.4) is 0 Å². The molecule has 1 N–H and O–H groups in total. The number of rotatable bonds is 12. The van der Waals surface area contributed by atoms with Gasteiger partial charge >= 0.3 is 0 Å². The summed E-state index contributed by atoms with van der Waals surface area (Å²) in [7, 11) is 0. The number of carbonyl (C=O) groups excluding carboxylic acids is 2. The largest absolute Gasteiger partial charge is 0.494 e. The SMILES string of the molecule is CCCCNC(=O)[C@H](C)N(Cc1ccc(Br)cc1)C(=O)CCCOc1ccc(C)cc1. The quantitative estimate of drug-likeness (QED) is 0.415. The van der Waals surface area contributed by atoms with Crippen LogP contribution in [-0.4, -0.2) is 35.9 Å². The Morgan fingerprint density at radius 2 is 1.74 bits per heavy atom.